The number of rotatable bonds is 7. The standard InChI is InChI=1S/C37H45NO3/c39-31-6-2-26(3-7-31)35(36-29-17-23-14-24(19-29)20-30(36)18-23)27-4-8-32(9-5-27)41-12-11-38-37(40)34-21-25-13-22-1-10-33(34)28(15-22)16-25/h2-9,22-25,28-30,33-34,39H,1,10-21H2,(H,38,40). The largest absolute Gasteiger partial charge is 0.508 e. The fraction of sp³-hybridized carbons (Fsp3) is 0.595. The second-order valence-electron chi connectivity index (χ2n) is 14.6. The molecular formula is C37H45NO3. The van der Waals surface area contributed by atoms with E-state index < -0.39 is 0 Å². The summed E-state index contributed by atoms with van der Waals surface area (Å²) in [6.45, 7) is 1.06. The number of fused-ring (bicyclic) bond motifs is 2. The van der Waals surface area contributed by atoms with E-state index in [-0.39, 0.29) is 11.8 Å². The minimum atomic E-state index is 0.218. The van der Waals surface area contributed by atoms with Crippen molar-refractivity contribution in [1.29, 1.82) is 0 Å². The first-order valence-electron chi connectivity index (χ1n) is 16.6. The lowest BCUT2D eigenvalue weighted by molar-refractivity contribution is -0.133. The number of hydrogen-bond donors (Lipinski definition) is 2. The third-order valence-electron chi connectivity index (χ3n) is 12.2. The van der Waals surface area contributed by atoms with Gasteiger partial charge in [-0.15, -0.1) is 0 Å². The highest BCUT2D eigenvalue weighted by Crippen LogP contribution is 2.59. The molecule has 1 amide bonds. The minimum absolute atomic E-state index is 0.218. The van der Waals surface area contributed by atoms with Gasteiger partial charge in [0, 0.05) is 5.92 Å². The van der Waals surface area contributed by atoms with Gasteiger partial charge in [0.05, 0.1) is 6.54 Å². The average Bonchev–Trinajstić information content (AvgIpc) is 2.96. The molecule has 0 radical (unpaired) electrons. The van der Waals surface area contributed by atoms with E-state index in [0.29, 0.717) is 36.7 Å². The van der Waals surface area contributed by atoms with E-state index in [9.17, 15) is 9.90 Å². The zero-order valence-electron chi connectivity index (χ0n) is 24.3. The molecule has 5 atom stereocenters. The van der Waals surface area contributed by atoms with Gasteiger partial charge in [-0.3, -0.25) is 4.79 Å². The van der Waals surface area contributed by atoms with Gasteiger partial charge >= 0.3 is 0 Å². The van der Waals surface area contributed by atoms with E-state index in [4.69, 9.17) is 4.74 Å². The number of carbonyl (C=O) groups is 1. The molecule has 4 nitrogen and oxygen atoms in total. The van der Waals surface area contributed by atoms with Crippen molar-refractivity contribution < 1.29 is 14.6 Å². The molecule has 0 spiro atoms. The summed E-state index contributed by atoms with van der Waals surface area (Å²) in [6, 6.07) is 16.4. The number of phenols is 1. The van der Waals surface area contributed by atoms with Crippen LogP contribution < -0.4 is 10.1 Å². The van der Waals surface area contributed by atoms with E-state index in [0.717, 1.165) is 41.8 Å². The Balaban J connectivity index is 0.937. The number of nitrogens with one attached hydrogen (secondary N) is 1. The lowest BCUT2D eigenvalue weighted by Crippen LogP contribution is -2.48. The number of phenolic OH excluding ortho intramolecular Hbond substituents is 1. The molecule has 0 aliphatic heterocycles. The molecule has 2 aromatic carbocycles. The predicted molar refractivity (Wildman–Crippen MR) is 161 cm³/mol. The van der Waals surface area contributed by atoms with Crippen LogP contribution in [0.2, 0.25) is 0 Å². The van der Waals surface area contributed by atoms with Crippen LogP contribution in [0.25, 0.3) is 5.57 Å². The molecule has 7 aliphatic rings. The van der Waals surface area contributed by atoms with E-state index in [1.165, 1.54) is 80.9 Å². The summed E-state index contributed by atoms with van der Waals surface area (Å²) < 4.78 is 6.11. The second kappa shape index (κ2) is 10.5. The number of benzene rings is 2. The van der Waals surface area contributed by atoms with Gasteiger partial charge in [0.1, 0.15) is 18.1 Å². The highest BCUT2D eigenvalue weighted by molar-refractivity contribution is 5.83. The summed E-state index contributed by atoms with van der Waals surface area (Å²) in [5.41, 5.74) is 5.50. The number of allylic oxidation sites excluding steroid dienone is 1. The summed E-state index contributed by atoms with van der Waals surface area (Å²) >= 11 is 0. The molecule has 0 heterocycles. The molecule has 9 rings (SSSR count). The molecule has 5 unspecified atom stereocenters. The normalized spacial score (nSPS) is 36.3. The maximum Gasteiger partial charge on any atom is 0.223 e. The number of carbonyl (C=O) groups excluding carboxylic acids is 1. The van der Waals surface area contributed by atoms with Gasteiger partial charge in [-0.1, -0.05) is 36.3 Å². The molecule has 0 saturated heterocycles. The molecule has 7 saturated carbocycles. The van der Waals surface area contributed by atoms with E-state index in [1.54, 1.807) is 5.57 Å². The van der Waals surface area contributed by atoms with Crippen LogP contribution in [0.5, 0.6) is 11.5 Å². The Bertz CT molecular complexity index is 1270. The van der Waals surface area contributed by atoms with E-state index >= 15 is 0 Å². The van der Waals surface area contributed by atoms with Gasteiger partial charge in [-0.2, -0.15) is 0 Å². The number of amides is 1. The van der Waals surface area contributed by atoms with Crippen molar-refractivity contribution >= 4 is 11.5 Å². The zero-order chi connectivity index (χ0) is 27.5. The third kappa shape index (κ3) is 4.89. The first kappa shape index (κ1) is 25.9. The van der Waals surface area contributed by atoms with Crippen LogP contribution >= 0.6 is 0 Å². The smallest absolute Gasteiger partial charge is 0.223 e. The van der Waals surface area contributed by atoms with Gasteiger partial charge < -0.3 is 15.2 Å². The van der Waals surface area contributed by atoms with Crippen LogP contribution in [-0.4, -0.2) is 24.2 Å². The molecule has 7 aliphatic carbocycles. The topological polar surface area (TPSA) is 58.6 Å². The SMILES string of the molecule is O=C(NCCOc1ccc(C(=C2C3CC4CC(C3)CC2C4)c2ccc(O)cc2)cc1)C1CC2CC3CCC1C(C3)C2. The first-order valence-corrected chi connectivity index (χ1v) is 16.6. The molecule has 4 heteroatoms. The van der Waals surface area contributed by atoms with Crippen molar-refractivity contribution in [2.45, 2.75) is 70.6 Å². The monoisotopic (exact) mass is 551 g/mol. The summed E-state index contributed by atoms with van der Waals surface area (Å²) in [5, 5.41) is 13.2. The van der Waals surface area contributed by atoms with Gasteiger partial charge in [0.2, 0.25) is 5.91 Å². The molecule has 2 N–H and O–H groups in total. The molecule has 216 valence electrons. The summed E-state index contributed by atoms with van der Waals surface area (Å²) in [5.74, 6) is 8.04. The quantitative estimate of drug-likeness (QED) is 0.348. The second-order valence-corrected chi connectivity index (χ2v) is 14.6. The number of aromatic hydroxyl groups is 1. The highest BCUT2D eigenvalue weighted by Gasteiger charge is 2.48. The number of ether oxygens (including phenoxy) is 1. The predicted octanol–water partition coefficient (Wildman–Crippen LogP) is 7.61. The Morgan fingerprint density at radius 2 is 1.34 bits per heavy atom. The Kier molecular flexibility index (Phi) is 6.64. The van der Waals surface area contributed by atoms with Crippen molar-refractivity contribution in [3.63, 3.8) is 0 Å². The molecule has 0 aromatic heterocycles. The molecule has 41 heavy (non-hydrogen) atoms. The summed E-state index contributed by atoms with van der Waals surface area (Å²) in [7, 11) is 0. The van der Waals surface area contributed by atoms with E-state index in [1.807, 2.05) is 12.1 Å². The first-order chi connectivity index (χ1) is 20.1. The van der Waals surface area contributed by atoms with Crippen molar-refractivity contribution in [2.24, 2.45) is 53.3 Å². The van der Waals surface area contributed by atoms with Crippen LogP contribution in [0.4, 0.5) is 0 Å². The van der Waals surface area contributed by atoms with Crippen LogP contribution in [-0.2, 0) is 4.79 Å². The molecule has 7 fully saturated rings. The maximum atomic E-state index is 13.2. The van der Waals surface area contributed by atoms with Gasteiger partial charge in [-0.25, -0.2) is 0 Å². The zero-order valence-corrected chi connectivity index (χ0v) is 24.3. The van der Waals surface area contributed by atoms with Crippen molar-refractivity contribution in [3.05, 3.63) is 65.2 Å². The lowest BCUT2D eigenvalue weighted by Gasteiger charge is -2.52. The fourth-order valence-corrected chi connectivity index (χ4v) is 10.8. The van der Waals surface area contributed by atoms with Crippen LogP contribution in [0.15, 0.2) is 54.1 Å². The van der Waals surface area contributed by atoms with Gasteiger partial charge in [-0.05, 0) is 153 Å². The average molecular weight is 552 g/mol. The fourth-order valence-electron chi connectivity index (χ4n) is 10.8. The van der Waals surface area contributed by atoms with Crippen molar-refractivity contribution in [3.8, 4) is 11.5 Å². The van der Waals surface area contributed by atoms with Gasteiger partial charge in [0.15, 0.2) is 0 Å². The number of hydrogen-bond acceptors (Lipinski definition) is 3. The van der Waals surface area contributed by atoms with Crippen molar-refractivity contribution in [1.82, 2.24) is 5.32 Å². The molecule has 7 bridgehead atoms. The summed E-state index contributed by atoms with van der Waals surface area (Å²) in [4.78, 5) is 13.2. The highest BCUT2D eigenvalue weighted by atomic mass is 16.5. The third-order valence-corrected chi connectivity index (χ3v) is 12.2. The maximum absolute atomic E-state index is 13.2. The Labute approximate surface area is 245 Å². The summed E-state index contributed by atoms with van der Waals surface area (Å²) in [6.07, 6.45) is 14.6. The Hall–Kier alpha value is -2.75. The van der Waals surface area contributed by atoms with Crippen LogP contribution in [0.1, 0.15) is 81.8 Å². The van der Waals surface area contributed by atoms with Gasteiger partial charge in [0.25, 0.3) is 0 Å². The minimum Gasteiger partial charge on any atom is -0.508 e. The molecule has 2 aromatic rings. The lowest BCUT2D eigenvalue weighted by atomic mass is 9.53. The Morgan fingerprint density at radius 1 is 0.732 bits per heavy atom. The Morgan fingerprint density at radius 3 is 2.05 bits per heavy atom. The van der Waals surface area contributed by atoms with Crippen LogP contribution in [0.3, 0.4) is 0 Å². The van der Waals surface area contributed by atoms with Crippen LogP contribution in [0, 0.1) is 53.3 Å². The molecular weight excluding hydrogens is 506 g/mol. The van der Waals surface area contributed by atoms with Crippen molar-refractivity contribution in [2.75, 3.05) is 13.2 Å². The van der Waals surface area contributed by atoms with E-state index in [2.05, 4.69) is 41.7 Å².